The van der Waals surface area contributed by atoms with E-state index in [1.165, 1.54) is 17.6 Å². The van der Waals surface area contributed by atoms with Crippen LogP contribution < -0.4 is 15.5 Å². The number of halogens is 1. The lowest BCUT2D eigenvalue weighted by atomic mass is 9.95. The Morgan fingerprint density at radius 2 is 1.86 bits per heavy atom. The van der Waals surface area contributed by atoms with Crippen molar-refractivity contribution in [2.75, 3.05) is 11.9 Å². The minimum Gasteiger partial charge on any atom is -0.488 e. The lowest BCUT2D eigenvalue weighted by molar-refractivity contribution is -0.136. The van der Waals surface area contributed by atoms with Gasteiger partial charge in [0.1, 0.15) is 17.4 Å². The number of amides is 2. The molecule has 2 aromatic carbocycles. The molecule has 8 nitrogen and oxygen atoms in total. The highest BCUT2D eigenvalue weighted by molar-refractivity contribution is 9.10. The van der Waals surface area contributed by atoms with E-state index in [1.54, 1.807) is 19.1 Å². The van der Waals surface area contributed by atoms with Gasteiger partial charge in [-0.2, -0.15) is 5.10 Å². The fourth-order valence-corrected chi connectivity index (χ4v) is 5.58. The smallest absolute Gasteiger partial charge is 0.341 e. The van der Waals surface area contributed by atoms with E-state index in [1.807, 2.05) is 36.4 Å². The number of benzene rings is 2. The Balaban J connectivity index is 1.42. The maximum atomic E-state index is 12.6. The maximum Gasteiger partial charge on any atom is 0.341 e. The Labute approximate surface area is 227 Å². The summed E-state index contributed by atoms with van der Waals surface area (Å²) in [5, 5.41) is 6.85. The summed E-state index contributed by atoms with van der Waals surface area (Å²) in [6, 6.07) is 15.1. The Morgan fingerprint density at radius 1 is 1.08 bits per heavy atom. The van der Waals surface area contributed by atoms with Gasteiger partial charge in [-0.05, 0) is 61.9 Å². The molecule has 37 heavy (non-hydrogen) atoms. The quantitative estimate of drug-likeness (QED) is 0.163. The highest BCUT2D eigenvalue weighted by atomic mass is 79.9. The molecular formula is C27H26BrN3O5S. The van der Waals surface area contributed by atoms with Crippen LogP contribution >= 0.6 is 27.3 Å². The number of ether oxygens (including phenoxy) is 2. The number of carbonyl (C=O) groups excluding carboxylic acids is 3. The molecule has 0 saturated carbocycles. The van der Waals surface area contributed by atoms with E-state index in [4.69, 9.17) is 9.47 Å². The number of hydrogen-bond donors (Lipinski definition) is 2. The summed E-state index contributed by atoms with van der Waals surface area (Å²) in [5.74, 6) is -1.80. The van der Waals surface area contributed by atoms with Gasteiger partial charge in [0.2, 0.25) is 0 Å². The number of rotatable bonds is 8. The largest absolute Gasteiger partial charge is 0.488 e. The molecule has 0 spiro atoms. The van der Waals surface area contributed by atoms with Gasteiger partial charge in [0.15, 0.2) is 0 Å². The zero-order valence-corrected chi connectivity index (χ0v) is 22.6. The number of hydrazone groups is 1. The fourth-order valence-electron chi connectivity index (χ4n) is 3.93. The number of anilines is 1. The Bertz CT molecular complexity index is 1320. The topological polar surface area (TPSA) is 106 Å². The summed E-state index contributed by atoms with van der Waals surface area (Å²) >= 11 is 4.74. The molecule has 192 valence electrons. The van der Waals surface area contributed by atoms with Crippen LogP contribution in [-0.2, 0) is 33.8 Å². The second-order valence-corrected chi connectivity index (χ2v) is 10.3. The maximum absolute atomic E-state index is 12.6. The van der Waals surface area contributed by atoms with Gasteiger partial charge in [-0.15, -0.1) is 11.3 Å². The molecule has 1 aliphatic carbocycles. The molecule has 0 saturated heterocycles. The number of esters is 1. The molecular weight excluding hydrogens is 558 g/mol. The first-order valence-corrected chi connectivity index (χ1v) is 13.5. The summed E-state index contributed by atoms with van der Waals surface area (Å²) < 4.78 is 11.9. The number of hydrogen-bond acceptors (Lipinski definition) is 7. The van der Waals surface area contributed by atoms with Gasteiger partial charge in [0.25, 0.3) is 0 Å². The van der Waals surface area contributed by atoms with E-state index < -0.39 is 17.8 Å². The molecule has 4 rings (SSSR count). The standard InChI is InChI=1S/C27H26BrN3O5S/c1-2-35-27(34)23-20-10-6-7-11-22(20)37-26(23)30-24(32)25(33)31-29-15-18-14-19(28)12-13-21(18)36-16-17-8-4-3-5-9-17/h3-5,8-9,12-15H,2,6-7,10-11,16H2,1H3,(H,30,32)(H,31,33)/b29-15+. The Kier molecular flexibility index (Phi) is 9.08. The van der Waals surface area contributed by atoms with Gasteiger partial charge >= 0.3 is 17.8 Å². The summed E-state index contributed by atoms with van der Waals surface area (Å²) in [7, 11) is 0. The molecule has 0 atom stereocenters. The zero-order chi connectivity index (χ0) is 26.2. The molecule has 2 N–H and O–H groups in total. The highest BCUT2D eigenvalue weighted by Gasteiger charge is 2.28. The van der Waals surface area contributed by atoms with Crippen LogP contribution in [0.3, 0.4) is 0 Å². The Morgan fingerprint density at radius 3 is 2.65 bits per heavy atom. The van der Waals surface area contributed by atoms with E-state index in [-0.39, 0.29) is 6.61 Å². The van der Waals surface area contributed by atoms with Gasteiger partial charge < -0.3 is 14.8 Å². The SMILES string of the molecule is CCOC(=O)c1c(NC(=O)C(=O)N/N=C/c2cc(Br)ccc2OCc2ccccc2)sc2c1CCCC2. The average Bonchev–Trinajstić information content (AvgIpc) is 3.26. The molecule has 10 heteroatoms. The third kappa shape index (κ3) is 6.84. The molecule has 1 aromatic heterocycles. The van der Waals surface area contributed by atoms with Gasteiger partial charge in [0, 0.05) is 14.9 Å². The fraction of sp³-hybridized carbons (Fsp3) is 0.259. The normalized spacial score (nSPS) is 12.6. The molecule has 2 amide bonds. The van der Waals surface area contributed by atoms with E-state index in [2.05, 4.69) is 31.8 Å². The van der Waals surface area contributed by atoms with Crippen LogP contribution in [0.5, 0.6) is 5.75 Å². The summed E-state index contributed by atoms with van der Waals surface area (Å²) in [4.78, 5) is 38.7. The van der Waals surface area contributed by atoms with Crippen molar-refractivity contribution >= 4 is 56.3 Å². The van der Waals surface area contributed by atoms with Gasteiger partial charge in [-0.1, -0.05) is 46.3 Å². The van der Waals surface area contributed by atoms with E-state index in [9.17, 15) is 14.4 Å². The minimum atomic E-state index is -0.959. The van der Waals surface area contributed by atoms with Crippen LogP contribution in [0.15, 0.2) is 58.1 Å². The van der Waals surface area contributed by atoms with Crippen molar-refractivity contribution in [1.29, 1.82) is 0 Å². The lowest BCUT2D eigenvalue weighted by Gasteiger charge is -2.12. The molecule has 3 aromatic rings. The number of carbonyl (C=O) groups is 3. The summed E-state index contributed by atoms with van der Waals surface area (Å²) in [6.45, 7) is 2.31. The first-order valence-electron chi connectivity index (χ1n) is 11.9. The van der Waals surface area contributed by atoms with Gasteiger partial charge in [0.05, 0.1) is 18.4 Å². The molecule has 0 fully saturated rings. The van der Waals surface area contributed by atoms with Crippen LogP contribution in [0, 0.1) is 0 Å². The monoisotopic (exact) mass is 583 g/mol. The van der Waals surface area contributed by atoms with Crippen molar-refractivity contribution in [3.63, 3.8) is 0 Å². The van der Waals surface area contributed by atoms with Crippen molar-refractivity contribution < 1.29 is 23.9 Å². The van der Waals surface area contributed by atoms with Crippen molar-refractivity contribution in [2.24, 2.45) is 5.10 Å². The first-order chi connectivity index (χ1) is 18.0. The van der Waals surface area contributed by atoms with Crippen LogP contribution in [-0.4, -0.2) is 30.6 Å². The second-order valence-electron chi connectivity index (χ2n) is 8.25. The summed E-state index contributed by atoms with van der Waals surface area (Å²) in [6.07, 6.45) is 4.97. The number of aryl methyl sites for hydroxylation is 1. The Hall–Kier alpha value is -3.50. The lowest BCUT2D eigenvalue weighted by Crippen LogP contribution is -2.32. The van der Waals surface area contributed by atoms with Crippen LogP contribution in [0.2, 0.25) is 0 Å². The number of fused-ring (bicyclic) bond motifs is 1. The molecule has 1 heterocycles. The highest BCUT2D eigenvalue weighted by Crippen LogP contribution is 2.38. The average molecular weight is 584 g/mol. The van der Waals surface area contributed by atoms with Crippen LogP contribution in [0.1, 0.15) is 51.7 Å². The molecule has 0 bridgehead atoms. The van der Waals surface area contributed by atoms with E-state index >= 15 is 0 Å². The first kappa shape index (κ1) is 26.6. The number of thiophene rings is 1. The van der Waals surface area contributed by atoms with Crippen molar-refractivity contribution in [3.05, 3.63) is 80.1 Å². The molecule has 0 aliphatic heterocycles. The molecule has 0 radical (unpaired) electrons. The van der Waals surface area contributed by atoms with Crippen molar-refractivity contribution in [2.45, 2.75) is 39.2 Å². The van der Waals surface area contributed by atoms with E-state index in [0.29, 0.717) is 28.5 Å². The predicted octanol–water partition coefficient (Wildman–Crippen LogP) is 5.23. The predicted molar refractivity (Wildman–Crippen MR) is 146 cm³/mol. The van der Waals surface area contributed by atoms with E-state index in [0.717, 1.165) is 46.2 Å². The van der Waals surface area contributed by atoms with Crippen molar-refractivity contribution in [3.8, 4) is 5.75 Å². The third-order valence-electron chi connectivity index (χ3n) is 5.66. The third-order valence-corrected chi connectivity index (χ3v) is 7.36. The zero-order valence-electron chi connectivity index (χ0n) is 20.2. The molecule has 1 aliphatic rings. The summed E-state index contributed by atoms with van der Waals surface area (Å²) in [5.41, 5.74) is 5.12. The van der Waals surface area contributed by atoms with Crippen molar-refractivity contribution in [1.82, 2.24) is 5.43 Å². The minimum absolute atomic E-state index is 0.221. The van der Waals surface area contributed by atoms with Crippen LogP contribution in [0.4, 0.5) is 5.00 Å². The van der Waals surface area contributed by atoms with Crippen LogP contribution in [0.25, 0.3) is 0 Å². The molecule has 0 unspecified atom stereocenters. The number of nitrogens with zero attached hydrogens (tertiary/aromatic N) is 1. The van der Waals surface area contributed by atoms with Gasteiger partial charge in [-0.25, -0.2) is 10.2 Å². The van der Waals surface area contributed by atoms with Gasteiger partial charge in [-0.3, -0.25) is 9.59 Å². The number of nitrogens with one attached hydrogen (secondary N) is 2. The second kappa shape index (κ2) is 12.6.